The molecule has 0 N–H and O–H groups in total. The van der Waals surface area contributed by atoms with Gasteiger partial charge in [0.15, 0.2) is 5.78 Å². The van der Waals surface area contributed by atoms with E-state index >= 15 is 0 Å². The maximum Gasteiger partial charge on any atom is 0.315 e. The number of ketones is 1. The molecule has 2 aliphatic carbocycles. The van der Waals surface area contributed by atoms with Crippen LogP contribution in [0.5, 0.6) is 5.75 Å². The molecule has 2 aliphatic rings. The highest BCUT2D eigenvalue weighted by atomic mass is 16.5. The van der Waals surface area contributed by atoms with Gasteiger partial charge in [-0.3, -0.25) is 9.59 Å². The van der Waals surface area contributed by atoms with E-state index in [2.05, 4.69) is 6.92 Å². The molecule has 122 valence electrons. The lowest BCUT2D eigenvalue weighted by molar-refractivity contribution is -0.151. The van der Waals surface area contributed by atoms with Crippen LogP contribution >= 0.6 is 0 Å². The number of ether oxygens (including phenoxy) is 2. The molecule has 0 unspecified atom stereocenters. The first-order valence-corrected chi connectivity index (χ1v) is 7.91. The molecule has 1 fully saturated rings. The first-order valence-electron chi connectivity index (χ1n) is 7.91. The van der Waals surface area contributed by atoms with Gasteiger partial charge in [-0.25, -0.2) is 0 Å². The Balaban J connectivity index is 2.22. The van der Waals surface area contributed by atoms with Crippen molar-refractivity contribution >= 4 is 11.8 Å². The SMILES string of the molecule is COC(=O)[C@]1(C)CCC[C@]2(C)C1=CC(=O)c1ccc(OC)cc12. The van der Waals surface area contributed by atoms with E-state index in [-0.39, 0.29) is 17.2 Å². The predicted octanol–water partition coefficient (Wildman–Crippen LogP) is 3.44. The fraction of sp³-hybridized carbons (Fsp3) is 0.474. The highest BCUT2D eigenvalue weighted by Crippen LogP contribution is 2.55. The summed E-state index contributed by atoms with van der Waals surface area (Å²) < 4.78 is 10.4. The number of carbonyl (C=O) groups is 2. The second kappa shape index (κ2) is 5.22. The van der Waals surface area contributed by atoms with E-state index in [0.717, 1.165) is 29.7 Å². The van der Waals surface area contributed by atoms with E-state index < -0.39 is 5.41 Å². The number of benzene rings is 1. The van der Waals surface area contributed by atoms with E-state index in [1.54, 1.807) is 19.3 Å². The first-order chi connectivity index (χ1) is 10.9. The summed E-state index contributed by atoms with van der Waals surface area (Å²) in [4.78, 5) is 25.0. The van der Waals surface area contributed by atoms with Crippen molar-refractivity contribution in [3.05, 3.63) is 41.0 Å². The van der Waals surface area contributed by atoms with Gasteiger partial charge >= 0.3 is 5.97 Å². The van der Waals surface area contributed by atoms with Gasteiger partial charge in [0, 0.05) is 11.0 Å². The number of fused-ring (bicyclic) bond motifs is 3. The first kappa shape index (κ1) is 15.8. The topological polar surface area (TPSA) is 52.6 Å². The molecule has 1 aromatic rings. The highest BCUT2D eigenvalue weighted by Gasteiger charge is 2.52. The molecule has 0 aliphatic heterocycles. The molecule has 3 rings (SSSR count). The fourth-order valence-corrected chi connectivity index (χ4v) is 4.24. The van der Waals surface area contributed by atoms with Gasteiger partial charge in [-0.15, -0.1) is 0 Å². The Kier molecular flexibility index (Phi) is 3.58. The van der Waals surface area contributed by atoms with Crippen molar-refractivity contribution in [2.24, 2.45) is 5.41 Å². The van der Waals surface area contributed by atoms with Crippen LogP contribution in [-0.2, 0) is 14.9 Å². The largest absolute Gasteiger partial charge is 0.497 e. The van der Waals surface area contributed by atoms with Crippen LogP contribution in [-0.4, -0.2) is 26.0 Å². The molecule has 0 spiro atoms. The van der Waals surface area contributed by atoms with Gasteiger partial charge < -0.3 is 9.47 Å². The van der Waals surface area contributed by atoms with Crippen molar-refractivity contribution in [2.45, 2.75) is 38.5 Å². The minimum Gasteiger partial charge on any atom is -0.497 e. The smallest absolute Gasteiger partial charge is 0.315 e. The van der Waals surface area contributed by atoms with Crippen molar-refractivity contribution in [3.8, 4) is 5.75 Å². The lowest BCUT2D eigenvalue weighted by atomic mass is 9.54. The summed E-state index contributed by atoms with van der Waals surface area (Å²) in [5, 5.41) is 0. The maximum absolute atomic E-state index is 12.6. The second-order valence-electron chi connectivity index (χ2n) is 6.84. The Bertz CT molecular complexity index is 718. The molecule has 0 amide bonds. The second-order valence-corrected chi connectivity index (χ2v) is 6.84. The summed E-state index contributed by atoms with van der Waals surface area (Å²) in [6, 6.07) is 5.56. The summed E-state index contributed by atoms with van der Waals surface area (Å²) in [5.41, 5.74) is 1.42. The number of hydrogen-bond acceptors (Lipinski definition) is 4. The number of hydrogen-bond donors (Lipinski definition) is 0. The van der Waals surface area contributed by atoms with Gasteiger partial charge in [-0.2, -0.15) is 0 Å². The minimum absolute atomic E-state index is 0.0489. The van der Waals surface area contributed by atoms with Crippen molar-refractivity contribution < 1.29 is 19.1 Å². The molecule has 0 bridgehead atoms. The molecular weight excluding hydrogens is 292 g/mol. The Morgan fingerprint density at radius 1 is 1.17 bits per heavy atom. The molecule has 0 saturated heterocycles. The number of carbonyl (C=O) groups excluding carboxylic acids is 2. The molecule has 4 nitrogen and oxygen atoms in total. The third-order valence-corrected chi connectivity index (χ3v) is 5.54. The molecule has 4 heteroatoms. The third-order valence-electron chi connectivity index (χ3n) is 5.54. The summed E-state index contributed by atoms with van der Waals surface area (Å²) in [6.07, 6.45) is 4.17. The van der Waals surface area contributed by atoms with E-state index in [9.17, 15) is 9.59 Å². The van der Waals surface area contributed by atoms with E-state index in [4.69, 9.17) is 9.47 Å². The number of methoxy groups -OCH3 is 2. The molecule has 0 heterocycles. The summed E-state index contributed by atoms with van der Waals surface area (Å²) >= 11 is 0. The van der Waals surface area contributed by atoms with Crippen molar-refractivity contribution in [3.63, 3.8) is 0 Å². The van der Waals surface area contributed by atoms with Crippen LogP contribution in [0.2, 0.25) is 0 Å². The average Bonchev–Trinajstić information content (AvgIpc) is 2.56. The highest BCUT2D eigenvalue weighted by molar-refractivity contribution is 6.09. The average molecular weight is 314 g/mol. The van der Waals surface area contributed by atoms with Crippen LogP contribution in [0.4, 0.5) is 0 Å². The van der Waals surface area contributed by atoms with E-state index in [1.165, 1.54) is 7.11 Å². The van der Waals surface area contributed by atoms with Crippen LogP contribution in [0.15, 0.2) is 29.8 Å². The standard InChI is InChI=1S/C19H22O4/c1-18-8-5-9-19(2,17(21)23-4)16(18)11-15(20)13-7-6-12(22-3)10-14(13)18/h6-7,10-11H,5,8-9H2,1-4H3/t18-,19+/m0/s1. The predicted molar refractivity (Wildman–Crippen MR) is 86.7 cm³/mol. The molecule has 0 aromatic heterocycles. The van der Waals surface area contributed by atoms with Gasteiger partial charge in [0.05, 0.1) is 19.6 Å². The fourth-order valence-electron chi connectivity index (χ4n) is 4.24. The number of rotatable bonds is 2. The van der Waals surface area contributed by atoms with Gasteiger partial charge in [0.1, 0.15) is 5.75 Å². The minimum atomic E-state index is -0.752. The van der Waals surface area contributed by atoms with Gasteiger partial charge in [0.25, 0.3) is 0 Å². The Morgan fingerprint density at radius 3 is 2.57 bits per heavy atom. The van der Waals surface area contributed by atoms with Crippen molar-refractivity contribution in [1.29, 1.82) is 0 Å². The molecule has 1 saturated carbocycles. The van der Waals surface area contributed by atoms with Crippen LogP contribution in [0.3, 0.4) is 0 Å². The Labute approximate surface area is 136 Å². The van der Waals surface area contributed by atoms with Gasteiger partial charge in [-0.1, -0.05) is 13.3 Å². The molecule has 23 heavy (non-hydrogen) atoms. The van der Waals surface area contributed by atoms with E-state index in [1.807, 2.05) is 19.1 Å². The van der Waals surface area contributed by atoms with Gasteiger partial charge in [0.2, 0.25) is 0 Å². The van der Waals surface area contributed by atoms with Gasteiger partial charge in [-0.05, 0) is 55.2 Å². The van der Waals surface area contributed by atoms with Crippen LogP contribution < -0.4 is 4.74 Å². The number of esters is 1. The number of allylic oxidation sites excluding steroid dienone is 1. The van der Waals surface area contributed by atoms with Crippen LogP contribution in [0.25, 0.3) is 0 Å². The Morgan fingerprint density at radius 2 is 1.91 bits per heavy atom. The van der Waals surface area contributed by atoms with Crippen molar-refractivity contribution in [2.75, 3.05) is 14.2 Å². The zero-order chi connectivity index (χ0) is 16.8. The monoisotopic (exact) mass is 314 g/mol. The molecule has 2 atom stereocenters. The summed E-state index contributed by atoms with van der Waals surface area (Å²) in [5.74, 6) is 0.408. The summed E-state index contributed by atoms with van der Waals surface area (Å²) in [7, 11) is 3.02. The Hall–Kier alpha value is -2.10. The maximum atomic E-state index is 12.6. The van der Waals surface area contributed by atoms with Crippen LogP contribution in [0.1, 0.15) is 49.0 Å². The molecule has 1 aromatic carbocycles. The zero-order valence-electron chi connectivity index (χ0n) is 14.1. The third kappa shape index (κ3) is 2.12. The quantitative estimate of drug-likeness (QED) is 0.785. The lowest BCUT2D eigenvalue weighted by Gasteiger charge is -2.48. The van der Waals surface area contributed by atoms with Crippen molar-refractivity contribution in [1.82, 2.24) is 0 Å². The normalized spacial score (nSPS) is 29.2. The molecular formula is C19H22O4. The summed E-state index contributed by atoms with van der Waals surface area (Å²) in [6.45, 7) is 4.00. The van der Waals surface area contributed by atoms with E-state index in [0.29, 0.717) is 12.0 Å². The molecule has 0 radical (unpaired) electrons. The van der Waals surface area contributed by atoms with Crippen LogP contribution in [0, 0.1) is 5.41 Å². The zero-order valence-corrected chi connectivity index (χ0v) is 14.1. The lowest BCUT2D eigenvalue weighted by Crippen LogP contribution is -2.46.